The first-order chi connectivity index (χ1) is 10.2. The molecule has 0 saturated heterocycles. The fourth-order valence-corrected chi connectivity index (χ4v) is 2.39. The van der Waals surface area contributed by atoms with Gasteiger partial charge in [0.1, 0.15) is 23.6 Å². The smallest absolute Gasteiger partial charge is 0.240 e. The Bertz CT molecular complexity index is 625. The van der Waals surface area contributed by atoms with Crippen LogP contribution in [0.4, 0.5) is 0 Å². The molecule has 114 valence electrons. The highest BCUT2D eigenvalue weighted by atomic mass is 35.5. The topological polar surface area (TPSA) is 56.2 Å². The van der Waals surface area contributed by atoms with Gasteiger partial charge in [-0.3, -0.25) is 4.79 Å². The molecule has 1 heterocycles. The van der Waals surface area contributed by atoms with Gasteiger partial charge in [0, 0.05) is 6.54 Å². The summed E-state index contributed by atoms with van der Waals surface area (Å²) < 4.78 is 7.43. The van der Waals surface area contributed by atoms with Crippen LogP contribution in [0.25, 0.3) is 11.0 Å². The molecule has 0 unspecified atom stereocenters. The van der Waals surface area contributed by atoms with Crippen LogP contribution < -0.4 is 10.1 Å². The molecule has 0 spiro atoms. The lowest BCUT2D eigenvalue weighted by atomic mass is 10.3. The summed E-state index contributed by atoms with van der Waals surface area (Å²) >= 11 is 5.96. The van der Waals surface area contributed by atoms with Gasteiger partial charge < -0.3 is 14.6 Å². The molecule has 0 aliphatic heterocycles. The highest BCUT2D eigenvalue weighted by molar-refractivity contribution is 6.17. The van der Waals surface area contributed by atoms with Gasteiger partial charge in [-0.25, -0.2) is 4.98 Å². The molecule has 2 rings (SSSR count). The molecule has 21 heavy (non-hydrogen) atoms. The first-order valence-electron chi connectivity index (χ1n) is 7.14. The number of fused-ring (bicyclic) bond motifs is 1. The second kappa shape index (κ2) is 7.31. The van der Waals surface area contributed by atoms with Crippen molar-refractivity contribution < 1.29 is 9.53 Å². The number of nitrogens with zero attached hydrogens (tertiary/aromatic N) is 2. The number of nitrogens with one attached hydrogen (secondary N) is 1. The van der Waals surface area contributed by atoms with Crippen LogP contribution in [0, 0.1) is 0 Å². The summed E-state index contributed by atoms with van der Waals surface area (Å²) in [5.41, 5.74) is 1.61. The van der Waals surface area contributed by atoms with Gasteiger partial charge in [-0.15, -0.1) is 11.6 Å². The standard InChI is InChI=1S/C15H20ClN3O2/c1-3-8-17-14(20)10-19-11-6-5-7-12(21-4-2)15(11)18-13(19)9-16/h5-7H,3-4,8-10H2,1-2H3,(H,17,20). The first kappa shape index (κ1) is 15.6. The van der Waals surface area contributed by atoms with Crippen LogP contribution in [0.3, 0.4) is 0 Å². The zero-order valence-electron chi connectivity index (χ0n) is 12.4. The minimum absolute atomic E-state index is 0.0377. The third-order valence-electron chi connectivity index (χ3n) is 3.11. The van der Waals surface area contributed by atoms with Crippen LogP contribution in [0.2, 0.25) is 0 Å². The quantitative estimate of drug-likeness (QED) is 0.800. The van der Waals surface area contributed by atoms with Gasteiger partial charge in [0.15, 0.2) is 0 Å². The zero-order valence-corrected chi connectivity index (χ0v) is 13.1. The number of benzene rings is 1. The van der Waals surface area contributed by atoms with Crippen LogP contribution in [-0.2, 0) is 17.2 Å². The SMILES string of the molecule is CCCNC(=O)Cn1c(CCl)nc2c(OCC)cccc21. The van der Waals surface area contributed by atoms with Crippen molar-refractivity contribution in [3.8, 4) is 5.75 Å². The number of carbonyl (C=O) groups excluding carboxylic acids is 1. The largest absolute Gasteiger partial charge is 0.492 e. The number of para-hydroxylation sites is 1. The van der Waals surface area contributed by atoms with Gasteiger partial charge in [0.05, 0.1) is 18.0 Å². The lowest BCUT2D eigenvalue weighted by molar-refractivity contribution is -0.121. The van der Waals surface area contributed by atoms with Crippen molar-refractivity contribution in [3.05, 3.63) is 24.0 Å². The molecular formula is C15H20ClN3O2. The number of ether oxygens (including phenoxy) is 1. The minimum atomic E-state index is -0.0377. The van der Waals surface area contributed by atoms with Gasteiger partial charge >= 0.3 is 0 Å². The van der Waals surface area contributed by atoms with E-state index in [1.165, 1.54) is 0 Å². The molecule has 6 heteroatoms. The van der Waals surface area contributed by atoms with Crippen LogP contribution in [0.5, 0.6) is 5.75 Å². The van der Waals surface area contributed by atoms with E-state index in [1.807, 2.05) is 36.6 Å². The van der Waals surface area contributed by atoms with E-state index in [0.717, 1.165) is 17.5 Å². The van der Waals surface area contributed by atoms with Gasteiger partial charge in [-0.1, -0.05) is 13.0 Å². The van der Waals surface area contributed by atoms with E-state index in [1.54, 1.807) is 0 Å². The Kier molecular flexibility index (Phi) is 5.44. The summed E-state index contributed by atoms with van der Waals surface area (Å²) in [5.74, 6) is 1.60. The average Bonchev–Trinajstić information content (AvgIpc) is 2.84. The summed E-state index contributed by atoms with van der Waals surface area (Å²) in [6.07, 6.45) is 0.910. The molecule has 2 aromatic rings. The van der Waals surface area contributed by atoms with E-state index < -0.39 is 0 Å². The van der Waals surface area contributed by atoms with Crippen LogP contribution >= 0.6 is 11.6 Å². The normalized spacial score (nSPS) is 10.8. The van der Waals surface area contributed by atoms with Gasteiger partial charge in [-0.05, 0) is 25.5 Å². The predicted octanol–water partition coefficient (Wildman–Crippen LogP) is 2.70. The zero-order chi connectivity index (χ0) is 15.2. The minimum Gasteiger partial charge on any atom is -0.492 e. The van der Waals surface area contributed by atoms with E-state index in [9.17, 15) is 4.79 Å². The lowest BCUT2D eigenvalue weighted by Crippen LogP contribution is -2.28. The Morgan fingerprint density at radius 1 is 1.43 bits per heavy atom. The molecule has 1 aromatic carbocycles. The Morgan fingerprint density at radius 3 is 2.90 bits per heavy atom. The van der Waals surface area contributed by atoms with Crippen molar-refractivity contribution in [2.24, 2.45) is 0 Å². The predicted molar refractivity (Wildman–Crippen MR) is 83.8 cm³/mol. The van der Waals surface area contributed by atoms with Gasteiger partial charge in [-0.2, -0.15) is 0 Å². The fraction of sp³-hybridized carbons (Fsp3) is 0.467. The highest BCUT2D eigenvalue weighted by Gasteiger charge is 2.15. The van der Waals surface area contributed by atoms with E-state index in [0.29, 0.717) is 24.7 Å². The van der Waals surface area contributed by atoms with Gasteiger partial charge in [0.25, 0.3) is 0 Å². The monoisotopic (exact) mass is 309 g/mol. The molecule has 5 nitrogen and oxygen atoms in total. The molecule has 1 amide bonds. The lowest BCUT2D eigenvalue weighted by Gasteiger charge is -2.08. The number of amides is 1. The van der Waals surface area contributed by atoms with Crippen molar-refractivity contribution in [2.45, 2.75) is 32.7 Å². The van der Waals surface area contributed by atoms with E-state index in [-0.39, 0.29) is 18.3 Å². The maximum absolute atomic E-state index is 12.0. The number of halogens is 1. The number of aromatic nitrogens is 2. The molecule has 0 atom stereocenters. The van der Waals surface area contributed by atoms with E-state index in [2.05, 4.69) is 10.3 Å². The Labute approximate surface area is 129 Å². The number of alkyl halides is 1. The summed E-state index contributed by atoms with van der Waals surface area (Å²) in [6.45, 7) is 5.40. The summed E-state index contributed by atoms with van der Waals surface area (Å²) in [7, 11) is 0. The number of imidazole rings is 1. The molecule has 1 N–H and O–H groups in total. The maximum atomic E-state index is 12.0. The molecule has 0 aliphatic carbocycles. The van der Waals surface area contributed by atoms with Crippen LogP contribution in [0.1, 0.15) is 26.1 Å². The highest BCUT2D eigenvalue weighted by Crippen LogP contribution is 2.26. The maximum Gasteiger partial charge on any atom is 0.240 e. The summed E-state index contributed by atoms with van der Waals surface area (Å²) in [4.78, 5) is 16.5. The Hall–Kier alpha value is -1.75. The molecule has 0 radical (unpaired) electrons. The average molecular weight is 310 g/mol. The van der Waals surface area contributed by atoms with Crippen molar-refractivity contribution in [1.29, 1.82) is 0 Å². The Balaban J connectivity index is 2.37. The van der Waals surface area contributed by atoms with E-state index in [4.69, 9.17) is 16.3 Å². The number of hydrogen-bond acceptors (Lipinski definition) is 3. The molecular weight excluding hydrogens is 290 g/mol. The number of carbonyl (C=O) groups is 1. The van der Waals surface area contributed by atoms with Crippen molar-refractivity contribution in [1.82, 2.24) is 14.9 Å². The molecule has 0 bridgehead atoms. The second-order valence-electron chi connectivity index (χ2n) is 4.65. The third-order valence-corrected chi connectivity index (χ3v) is 3.35. The Morgan fingerprint density at radius 2 is 2.24 bits per heavy atom. The fourth-order valence-electron chi connectivity index (χ4n) is 2.18. The molecule has 1 aromatic heterocycles. The number of hydrogen-bond donors (Lipinski definition) is 1. The van der Waals surface area contributed by atoms with Crippen molar-refractivity contribution in [2.75, 3.05) is 13.2 Å². The van der Waals surface area contributed by atoms with Crippen molar-refractivity contribution in [3.63, 3.8) is 0 Å². The molecule has 0 fully saturated rings. The first-order valence-corrected chi connectivity index (χ1v) is 7.68. The van der Waals surface area contributed by atoms with Crippen LogP contribution in [-0.4, -0.2) is 28.6 Å². The number of rotatable bonds is 7. The van der Waals surface area contributed by atoms with Gasteiger partial charge in [0.2, 0.25) is 5.91 Å². The molecule has 0 saturated carbocycles. The third kappa shape index (κ3) is 3.47. The molecule has 0 aliphatic rings. The summed E-state index contributed by atoms with van der Waals surface area (Å²) in [5, 5.41) is 2.86. The van der Waals surface area contributed by atoms with E-state index >= 15 is 0 Å². The summed E-state index contributed by atoms with van der Waals surface area (Å²) in [6, 6.07) is 5.69. The second-order valence-corrected chi connectivity index (χ2v) is 4.92. The van der Waals surface area contributed by atoms with Crippen molar-refractivity contribution >= 4 is 28.5 Å². The van der Waals surface area contributed by atoms with Crippen LogP contribution in [0.15, 0.2) is 18.2 Å².